The fourth-order valence-corrected chi connectivity index (χ4v) is 1.59. The van der Waals surface area contributed by atoms with E-state index in [4.69, 9.17) is 9.47 Å². The molecule has 0 aromatic carbocycles. The molecule has 0 aromatic heterocycles. The molecule has 1 atom stereocenters. The number of methoxy groups -OCH3 is 1. The maximum absolute atomic E-state index is 11.3. The highest BCUT2D eigenvalue weighted by Gasteiger charge is 2.40. The van der Waals surface area contributed by atoms with Crippen molar-refractivity contribution in [2.75, 3.05) is 7.11 Å². The van der Waals surface area contributed by atoms with Gasteiger partial charge in [-0.1, -0.05) is 0 Å². The van der Waals surface area contributed by atoms with Crippen molar-refractivity contribution in [2.45, 2.75) is 44.3 Å². The molecule has 0 aliphatic heterocycles. The summed E-state index contributed by atoms with van der Waals surface area (Å²) in [7, 11) is 1.43. The Hall–Kier alpha value is -0.570. The summed E-state index contributed by atoms with van der Waals surface area (Å²) in [6.07, 6.45) is 5.75. The molecule has 0 bridgehead atoms. The van der Waals surface area contributed by atoms with Crippen LogP contribution in [0.5, 0.6) is 0 Å². The molecule has 0 aromatic rings. The largest absolute Gasteiger partial charge is 0.467 e. The van der Waals surface area contributed by atoms with E-state index in [-0.39, 0.29) is 12.1 Å². The van der Waals surface area contributed by atoms with Crippen molar-refractivity contribution in [2.24, 2.45) is 5.92 Å². The van der Waals surface area contributed by atoms with E-state index in [0.717, 1.165) is 25.7 Å². The van der Waals surface area contributed by atoms with Crippen LogP contribution in [0.25, 0.3) is 0 Å². The third-order valence-corrected chi connectivity index (χ3v) is 2.87. The van der Waals surface area contributed by atoms with Crippen molar-refractivity contribution >= 4 is 5.97 Å². The number of carbonyl (C=O) groups excluding carboxylic acids is 1. The fraction of sp³-hybridized carbons (Fsp3) is 0.900. The first kappa shape index (κ1) is 9.00. The van der Waals surface area contributed by atoms with E-state index in [1.54, 1.807) is 0 Å². The van der Waals surface area contributed by atoms with E-state index >= 15 is 0 Å². The number of carbonyl (C=O) groups is 1. The molecule has 2 aliphatic rings. The molecule has 1 unspecified atom stereocenters. The minimum absolute atomic E-state index is 0.186. The molecule has 2 fully saturated rings. The van der Waals surface area contributed by atoms with Gasteiger partial charge in [0.05, 0.1) is 13.2 Å². The first-order chi connectivity index (χ1) is 6.31. The summed E-state index contributed by atoms with van der Waals surface area (Å²) in [5.74, 6) is 0.252. The van der Waals surface area contributed by atoms with Gasteiger partial charge in [-0.25, -0.2) is 4.79 Å². The van der Waals surface area contributed by atoms with Gasteiger partial charge in [-0.3, -0.25) is 0 Å². The lowest BCUT2D eigenvalue weighted by atomic mass is 9.96. The fourth-order valence-electron chi connectivity index (χ4n) is 1.59. The Labute approximate surface area is 78.4 Å². The average Bonchev–Trinajstić information content (AvgIpc) is 2.85. The molecule has 0 heterocycles. The zero-order chi connectivity index (χ0) is 9.26. The van der Waals surface area contributed by atoms with Crippen LogP contribution in [0.4, 0.5) is 0 Å². The van der Waals surface area contributed by atoms with Crippen molar-refractivity contribution in [1.29, 1.82) is 0 Å². The molecule has 0 amide bonds. The van der Waals surface area contributed by atoms with Crippen LogP contribution >= 0.6 is 0 Å². The van der Waals surface area contributed by atoms with Gasteiger partial charge >= 0.3 is 5.97 Å². The van der Waals surface area contributed by atoms with Crippen LogP contribution < -0.4 is 0 Å². The van der Waals surface area contributed by atoms with Crippen molar-refractivity contribution in [1.82, 2.24) is 0 Å². The Balaban J connectivity index is 1.84. The van der Waals surface area contributed by atoms with Gasteiger partial charge in [0, 0.05) is 0 Å². The first-order valence-corrected chi connectivity index (χ1v) is 5.04. The van der Waals surface area contributed by atoms with Crippen LogP contribution in [0.1, 0.15) is 32.1 Å². The van der Waals surface area contributed by atoms with Crippen molar-refractivity contribution < 1.29 is 14.3 Å². The Bertz CT molecular complexity index is 194. The van der Waals surface area contributed by atoms with E-state index in [2.05, 4.69) is 0 Å². The molecular formula is C10H16O3. The van der Waals surface area contributed by atoms with Crippen LogP contribution in [-0.4, -0.2) is 25.3 Å². The zero-order valence-electron chi connectivity index (χ0n) is 7.99. The van der Waals surface area contributed by atoms with Crippen LogP contribution in [0.2, 0.25) is 0 Å². The molecular weight excluding hydrogens is 168 g/mol. The van der Waals surface area contributed by atoms with Gasteiger partial charge < -0.3 is 9.47 Å². The lowest BCUT2D eigenvalue weighted by molar-refractivity contribution is -0.163. The highest BCUT2D eigenvalue weighted by molar-refractivity contribution is 5.75. The summed E-state index contributed by atoms with van der Waals surface area (Å²) >= 11 is 0. The quantitative estimate of drug-likeness (QED) is 0.621. The number of esters is 1. The Morgan fingerprint density at radius 2 is 2.00 bits per heavy atom. The van der Waals surface area contributed by atoms with Crippen LogP contribution in [0.3, 0.4) is 0 Å². The molecule has 3 nitrogen and oxygen atoms in total. The molecule has 0 saturated heterocycles. The molecule has 0 N–H and O–H groups in total. The third kappa shape index (κ3) is 2.02. The molecule has 13 heavy (non-hydrogen) atoms. The van der Waals surface area contributed by atoms with E-state index in [0.29, 0.717) is 12.0 Å². The lowest BCUT2D eigenvalue weighted by Gasteiger charge is -2.29. The van der Waals surface area contributed by atoms with E-state index < -0.39 is 0 Å². The molecule has 0 spiro atoms. The van der Waals surface area contributed by atoms with Gasteiger partial charge in [-0.15, -0.1) is 0 Å². The lowest BCUT2D eigenvalue weighted by Crippen LogP contribution is -2.35. The number of rotatable bonds is 4. The highest BCUT2D eigenvalue weighted by Crippen LogP contribution is 2.37. The van der Waals surface area contributed by atoms with E-state index in [9.17, 15) is 4.79 Å². The van der Waals surface area contributed by atoms with Gasteiger partial charge in [0.1, 0.15) is 0 Å². The normalized spacial score (nSPS) is 25.0. The molecule has 2 aliphatic carbocycles. The van der Waals surface area contributed by atoms with E-state index in [1.807, 2.05) is 0 Å². The van der Waals surface area contributed by atoms with Gasteiger partial charge in [-0.2, -0.15) is 0 Å². The SMILES string of the molecule is COC(=O)C(OC1CCC1)C1CC1. The summed E-state index contributed by atoms with van der Waals surface area (Å²) < 4.78 is 10.4. The summed E-state index contributed by atoms with van der Waals surface area (Å²) in [5.41, 5.74) is 0. The van der Waals surface area contributed by atoms with Gasteiger partial charge in [-0.05, 0) is 38.0 Å². The molecule has 0 radical (unpaired) electrons. The second kappa shape index (κ2) is 3.66. The summed E-state index contributed by atoms with van der Waals surface area (Å²) in [5, 5.41) is 0. The van der Waals surface area contributed by atoms with Crippen molar-refractivity contribution in [3.63, 3.8) is 0 Å². The van der Waals surface area contributed by atoms with Crippen molar-refractivity contribution in [3.05, 3.63) is 0 Å². The summed E-state index contributed by atoms with van der Waals surface area (Å²) in [6, 6.07) is 0. The van der Waals surface area contributed by atoms with Gasteiger partial charge in [0.2, 0.25) is 0 Å². The predicted octanol–water partition coefficient (Wildman–Crippen LogP) is 1.51. The van der Waals surface area contributed by atoms with Crippen LogP contribution in [0, 0.1) is 5.92 Å². The minimum atomic E-state index is -0.268. The van der Waals surface area contributed by atoms with E-state index in [1.165, 1.54) is 13.5 Å². The monoisotopic (exact) mass is 184 g/mol. The van der Waals surface area contributed by atoms with Crippen LogP contribution in [0.15, 0.2) is 0 Å². The molecule has 74 valence electrons. The predicted molar refractivity (Wildman–Crippen MR) is 47.3 cm³/mol. The smallest absolute Gasteiger partial charge is 0.335 e. The third-order valence-electron chi connectivity index (χ3n) is 2.87. The number of ether oxygens (including phenoxy) is 2. The average molecular weight is 184 g/mol. The van der Waals surface area contributed by atoms with Crippen LogP contribution in [-0.2, 0) is 14.3 Å². The summed E-state index contributed by atoms with van der Waals surface area (Å²) in [4.78, 5) is 11.3. The second-order valence-electron chi connectivity index (χ2n) is 3.97. The highest BCUT2D eigenvalue weighted by atomic mass is 16.6. The minimum Gasteiger partial charge on any atom is -0.467 e. The maximum Gasteiger partial charge on any atom is 0.335 e. The second-order valence-corrected chi connectivity index (χ2v) is 3.97. The molecule has 2 rings (SSSR count). The molecule has 3 heteroatoms. The Morgan fingerprint density at radius 3 is 2.38 bits per heavy atom. The summed E-state index contributed by atoms with van der Waals surface area (Å²) in [6.45, 7) is 0. The number of hydrogen-bond donors (Lipinski definition) is 0. The van der Waals surface area contributed by atoms with Gasteiger partial charge in [0.25, 0.3) is 0 Å². The topological polar surface area (TPSA) is 35.5 Å². The maximum atomic E-state index is 11.3. The molecule has 2 saturated carbocycles. The first-order valence-electron chi connectivity index (χ1n) is 5.04. The zero-order valence-corrected chi connectivity index (χ0v) is 7.99. The standard InChI is InChI=1S/C10H16O3/c1-12-10(11)9(7-5-6-7)13-8-3-2-4-8/h7-9H,2-6H2,1H3. The Kier molecular flexibility index (Phi) is 2.54. The van der Waals surface area contributed by atoms with Crippen molar-refractivity contribution in [3.8, 4) is 0 Å². The number of hydrogen-bond acceptors (Lipinski definition) is 3. The van der Waals surface area contributed by atoms with Gasteiger partial charge in [0.15, 0.2) is 6.10 Å². The Morgan fingerprint density at radius 1 is 1.31 bits per heavy atom.